The van der Waals surface area contributed by atoms with Crippen molar-refractivity contribution < 1.29 is 0 Å². The minimum Gasteiger partial charge on any atom is -0.330 e. The zero-order valence-electron chi connectivity index (χ0n) is 10.3. The number of nitrogens with one attached hydrogen (secondary N) is 1. The van der Waals surface area contributed by atoms with Gasteiger partial charge in [-0.25, -0.2) is 0 Å². The summed E-state index contributed by atoms with van der Waals surface area (Å²) in [6, 6.07) is 0.603. The number of unbranched alkanes of at least 4 members (excludes halogenated alkanes) is 1. The van der Waals surface area contributed by atoms with Gasteiger partial charge in [-0.2, -0.15) is 0 Å². The summed E-state index contributed by atoms with van der Waals surface area (Å²) < 4.78 is 0. The molecule has 0 heterocycles. The summed E-state index contributed by atoms with van der Waals surface area (Å²) in [6.07, 6.45) is 3.76. The zero-order valence-corrected chi connectivity index (χ0v) is 10.3. The van der Waals surface area contributed by atoms with Crippen LogP contribution in [0.3, 0.4) is 0 Å². The molecule has 0 aromatic rings. The molecule has 3 N–H and O–H groups in total. The summed E-state index contributed by atoms with van der Waals surface area (Å²) >= 11 is 0. The van der Waals surface area contributed by atoms with Crippen LogP contribution in [-0.2, 0) is 0 Å². The first kappa shape index (κ1) is 13.9. The Kier molecular flexibility index (Phi) is 8.20. The predicted octanol–water partition coefficient (Wildman–Crippen LogP) is 2.39. The van der Waals surface area contributed by atoms with Gasteiger partial charge in [0, 0.05) is 6.04 Å². The van der Waals surface area contributed by atoms with E-state index in [0.29, 0.717) is 6.04 Å². The van der Waals surface area contributed by atoms with Crippen LogP contribution in [0.15, 0.2) is 0 Å². The Bertz CT molecular complexity index is 121. The molecule has 0 aromatic heterocycles. The molecule has 1 unspecified atom stereocenters. The lowest BCUT2D eigenvalue weighted by Crippen LogP contribution is -2.31. The lowest BCUT2D eigenvalue weighted by Gasteiger charge is -2.22. The van der Waals surface area contributed by atoms with Gasteiger partial charge < -0.3 is 11.1 Å². The van der Waals surface area contributed by atoms with Crippen molar-refractivity contribution in [3.05, 3.63) is 0 Å². The fourth-order valence-corrected chi connectivity index (χ4v) is 1.61. The van der Waals surface area contributed by atoms with Gasteiger partial charge in [-0.1, -0.05) is 34.1 Å². The van der Waals surface area contributed by atoms with E-state index < -0.39 is 0 Å². The highest BCUT2D eigenvalue weighted by molar-refractivity contribution is 4.67. The molecule has 0 saturated heterocycles. The molecule has 0 rings (SSSR count). The number of hydrogen-bond acceptors (Lipinski definition) is 2. The highest BCUT2D eigenvalue weighted by Gasteiger charge is 2.12. The molecule has 0 radical (unpaired) electrons. The van der Waals surface area contributed by atoms with Crippen molar-refractivity contribution in [1.29, 1.82) is 0 Å². The molecular weight excluding hydrogens is 172 g/mol. The van der Waals surface area contributed by atoms with Crippen LogP contribution in [0.4, 0.5) is 0 Å². The first-order valence-corrected chi connectivity index (χ1v) is 6.01. The normalized spacial score (nSPS) is 13.9. The van der Waals surface area contributed by atoms with Crippen LogP contribution in [0.2, 0.25) is 0 Å². The lowest BCUT2D eigenvalue weighted by molar-refractivity contribution is 0.322. The molecule has 0 aromatic carbocycles. The van der Waals surface area contributed by atoms with Crippen LogP contribution in [0.5, 0.6) is 0 Å². The summed E-state index contributed by atoms with van der Waals surface area (Å²) in [5.74, 6) is 1.59. The molecule has 0 aliphatic heterocycles. The lowest BCUT2D eigenvalue weighted by atomic mass is 9.90. The van der Waals surface area contributed by atoms with E-state index in [0.717, 1.165) is 24.9 Å². The molecular formula is C12H28N2. The molecule has 0 aliphatic carbocycles. The minimum atomic E-state index is 0.603. The zero-order chi connectivity index (χ0) is 11.0. The van der Waals surface area contributed by atoms with Gasteiger partial charge in [0.15, 0.2) is 0 Å². The van der Waals surface area contributed by atoms with E-state index in [2.05, 4.69) is 33.0 Å². The van der Waals surface area contributed by atoms with E-state index in [9.17, 15) is 0 Å². The summed E-state index contributed by atoms with van der Waals surface area (Å²) in [7, 11) is 0. The summed E-state index contributed by atoms with van der Waals surface area (Å²) in [4.78, 5) is 0. The molecule has 0 spiro atoms. The van der Waals surface area contributed by atoms with Gasteiger partial charge in [-0.05, 0) is 37.8 Å². The number of hydrogen-bond donors (Lipinski definition) is 2. The fraction of sp³-hybridized carbons (Fsp3) is 1.00. The van der Waals surface area contributed by atoms with E-state index in [1.165, 1.54) is 19.3 Å². The molecule has 2 heteroatoms. The molecule has 86 valence electrons. The van der Waals surface area contributed by atoms with Crippen molar-refractivity contribution in [2.24, 2.45) is 17.6 Å². The van der Waals surface area contributed by atoms with Gasteiger partial charge in [-0.3, -0.25) is 0 Å². The maximum Gasteiger partial charge on any atom is 0.00104 e. The summed E-state index contributed by atoms with van der Waals surface area (Å²) in [5, 5.41) is 3.52. The largest absolute Gasteiger partial charge is 0.330 e. The monoisotopic (exact) mass is 200 g/mol. The van der Waals surface area contributed by atoms with Gasteiger partial charge >= 0.3 is 0 Å². The Balaban J connectivity index is 3.66. The van der Waals surface area contributed by atoms with Crippen LogP contribution in [0, 0.1) is 11.8 Å². The van der Waals surface area contributed by atoms with Gasteiger partial charge in [-0.15, -0.1) is 0 Å². The highest BCUT2D eigenvalue weighted by atomic mass is 14.9. The maximum absolute atomic E-state index is 5.50. The minimum absolute atomic E-state index is 0.603. The van der Waals surface area contributed by atoms with Crippen LogP contribution in [0.25, 0.3) is 0 Å². The molecule has 0 bridgehead atoms. The third-order valence-corrected chi connectivity index (χ3v) is 2.76. The quantitative estimate of drug-likeness (QED) is 0.590. The molecule has 0 amide bonds. The number of nitrogens with two attached hydrogens (primary N) is 1. The Morgan fingerprint density at radius 1 is 1.07 bits per heavy atom. The van der Waals surface area contributed by atoms with Gasteiger partial charge in [0.05, 0.1) is 0 Å². The molecule has 1 atom stereocenters. The van der Waals surface area contributed by atoms with Crippen molar-refractivity contribution >= 4 is 0 Å². The second-order valence-electron chi connectivity index (χ2n) is 4.85. The van der Waals surface area contributed by atoms with E-state index in [1.54, 1.807) is 0 Å². The highest BCUT2D eigenvalue weighted by Crippen LogP contribution is 2.17. The van der Waals surface area contributed by atoms with Gasteiger partial charge in [0.25, 0.3) is 0 Å². The van der Waals surface area contributed by atoms with E-state index in [1.807, 2.05) is 0 Å². The summed E-state index contributed by atoms with van der Waals surface area (Å²) in [6.45, 7) is 11.0. The predicted molar refractivity (Wildman–Crippen MR) is 64.4 cm³/mol. The Morgan fingerprint density at radius 2 is 1.71 bits per heavy atom. The van der Waals surface area contributed by atoms with Crippen LogP contribution < -0.4 is 11.1 Å². The van der Waals surface area contributed by atoms with Crippen molar-refractivity contribution in [1.82, 2.24) is 5.32 Å². The smallest absolute Gasteiger partial charge is 0.00104 e. The first-order valence-electron chi connectivity index (χ1n) is 6.01. The van der Waals surface area contributed by atoms with E-state index >= 15 is 0 Å². The van der Waals surface area contributed by atoms with Gasteiger partial charge in [0.2, 0.25) is 0 Å². The van der Waals surface area contributed by atoms with E-state index in [-0.39, 0.29) is 0 Å². The Morgan fingerprint density at radius 3 is 2.14 bits per heavy atom. The Labute approximate surface area is 89.6 Å². The van der Waals surface area contributed by atoms with Crippen molar-refractivity contribution in [3.8, 4) is 0 Å². The third-order valence-electron chi connectivity index (χ3n) is 2.76. The third kappa shape index (κ3) is 7.34. The summed E-state index contributed by atoms with van der Waals surface area (Å²) in [5.41, 5.74) is 5.50. The molecule has 0 saturated carbocycles. The molecule has 0 aliphatic rings. The van der Waals surface area contributed by atoms with Crippen molar-refractivity contribution in [2.75, 3.05) is 13.1 Å². The van der Waals surface area contributed by atoms with Crippen LogP contribution in [-0.4, -0.2) is 19.1 Å². The maximum atomic E-state index is 5.50. The standard InChI is InChI=1S/C12H28N2/c1-10(2)12(7-5-6-8-13)9-14-11(3)4/h10-12,14H,5-9,13H2,1-4H3. The Hall–Kier alpha value is -0.0800. The molecule has 14 heavy (non-hydrogen) atoms. The van der Waals surface area contributed by atoms with E-state index in [4.69, 9.17) is 5.73 Å². The first-order chi connectivity index (χ1) is 6.57. The van der Waals surface area contributed by atoms with Crippen molar-refractivity contribution in [2.45, 2.75) is 53.0 Å². The van der Waals surface area contributed by atoms with Crippen molar-refractivity contribution in [3.63, 3.8) is 0 Å². The number of rotatable bonds is 8. The molecule has 2 nitrogen and oxygen atoms in total. The second-order valence-corrected chi connectivity index (χ2v) is 4.85. The van der Waals surface area contributed by atoms with Gasteiger partial charge in [0.1, 0.15) is 0 Å². The van der Waals surface area contributed by atoms with Crippen LogP contribution >= 0.6 is 0 Å². The average molecular weight is 200 g/mol. The van der Waals surface area contributed by atoms with Crippen LogP contribution in [0.1, 0.15) is 47.0 Å². The average Bonchev–Trinajstić information content (AvgIpc) is 2.10. The second kappa shape index (κ2) is 8.25. The molecule has 0 fully saturated rings. The fourth-order valence-electron chi connectivity index (χ4n) is 1.61. The SMILES string of the molecule is CC(C)NCC(CCCCN)C(C)C. The topological polar surface area (TPSA) is 38.0 Å².